The molecule has 1 saturated heterocycles. The van der Waals surface area contributed by atoms with Gasteiger partial charge in [-0.05, 0) is 70.4 Å². The number of aryl methyl sites for hydroxylation is 1. The number of carbonyl (C=O) groups excluding carboxylic acids is 1. The lowest BCUT2D eigenvalue weighted by Crippen LogP contribution is -2.42. The van der Waals surface area contributed by atoms with Crippen molar-refractivity contribution in [1.29, 1.82) is 0 Å². The van der Waals surface area contributed by atoms with Gasteiger partial charge in [0.2, 0.25) is 0 Å². The molecule has 0 N–H and O–H groups in total. The van der Waals surface area contributed by atoms with Crippen LogP contribution in [0.15, 0.2) is 65.2 Å². The van der Waals surface area contributed by atoms with Crippen molar-refractivity contribution in [2.24, 2.45) is 23.0 Å². The number of amidine groups is 1. The van der Waals surface area contributed by atoms with Crippen molar-refractivity contribution in [3.63, 3.8) is 0 Å². The topological polar surface area (TPSA) is 89.9 Å². The van der Waals surface area contributed by atoms with Gasteiger partial charge in [-0.2, -0.15) is 10.2 Å². The summed E-state index contributed by atoms with van der Waals surface area (Å²) in [5.41, 5.74) is 4.49. The highest BCUT2D eigenvalue weighted by atomic mass is 16.6. The zero-order valence-electron chi connectivity index (χ0n) is 23.0. The van der Waals surface area contributed by atoms with E-state index in [9.17, 15) is 4.79 Å². The van der Waals surface area contributed by atoms with E-state index in [1.54, 1.807) is 15.8 Å². The molecule has 1 fully saturated rings. The van der Waals surface area contributed by atoms with Crippen molar-refractivity contribution in [1.82, 2.24) is 24.5 Å². The molecule has 1 aromatic carbocycles. The summed E-state index contributed by atoms with van der Waals surface area (Å²) in [6.07, 6.45) is 11.2. The van der Waals surface area contributed by atoms with Gasteiger partial charge < -0.3 is 9.64 Å². The minimum absolute atomic E-state index is 0.226. The van der Waals surface area contributed by atoms with E-state index in [1.807, 2.05) is 88.5 Å². The molecule has 0 bridgehead atoms. The summed E-state index contributed by atoms with van der Waals surface area (Å²) in [6.45, 7) is 13.7. The molecule has 1 aliphatic heterocycles. The maximum atomic E-state index is 12.3. The number of hydrogen-bond acceptors (Lipinski definition) is 5. The van der Waals surface area contributed by atoms with Crippen molar-refractivity contribution in [3.8, 4) is 11.1 Å². The van der Waals surface area contributed by atoms with Gasteiger partial charge in [-0.3, -0.25) is 9.36 Å². The van der Waals surface area contributed by atoms with Crippen molar-refractivity contribution >= 4 is 24.2 Å². The highest BCUT2D eigenvalue weighted by Gasteiger charge is 2.27. The number of piperidine rings is 1. The molecule has 0 radical (unpaired) electrons. The first kappa shape index (κ1) is 27.0. The van der Waals surface area contributed by atoms with Crippen molar-refractivity contribution in [3.05, 3.63) is 66.4 Å². The molecule has 2 aromatic heterocycles. The fourth-order valence-corrected chi connectivity index (χ4v) is 4.40. The van der Waals surface area contributed by atoms with Gasteiger partial charge in [-0.1, -0.05) is 18.2 Å². The van der Waals surface area contributed by atoms with Gasteiger partial charge in [-0.25, -0.2) is 14.8 Å². The predicted molar refractivity (Wildman–Crippen MR) is 151 cm³/mol. The lowest BCUT2D eigenvalue weighted by Gasteiger charge is -2.33. The summed E-state index contributed by atoms with van der Waals surface area (Å²) >= 11 is 0. The van der Waals surface area contributed by atoms with Crippen LogP contribution in [-0.2, 0) is 18.3 Å². The summed E-state index contributed by atoms with van der Waals surface area (Å²) in [6, 6.07) is 8.04. The summed E-state index contributed by atoms with van der Waals surface area (Å²) < 4.78 is 9.26. The fraction of sp³-hybridized carbons (Fsp3) is 0.414. The monoisotopic (exact) mass is 515 g/mol. The van der Waals surface area contributed by atoms with Crippen LogP contribution in [-0.4, -0.2) is 61.8 Å². The Morgan fingerprint density at radius 3 is 2.55 bits per heavy atom. The van der Waals surface area contributed by atoms with Gasteiger partial charge in [0, 0.05) is 62.0 Å². The number of nitrogens with zero attached hydrogens (tertiary/aromatic N) is 7. The number of allylic oxidation sites excluding steroid dienone is 1. The van der Waals surface area contributed by atoms with Crippen molar-refractivity contribution in [2.45, 2.75) is 52.7 Å². The van der Waals surface area contributed by atoms with Crippen LogP contribution in [0.4, 0.5) is 4.79 Å². The normalized spacial score (nSPS) is 15.6. The second-order valence-corrected chi connectivity index (χ2v) is 10.8. The van der Waals surface area contributed by atoms with Crippen LogP contribution < -0.4 is 0 Å². The molecule has 1 amide bonds. The highest BCUT2D eigenvalue weighted by molar-refractivity contribution is 6.02. The molecule has 3 heterocycles. The quantitative estimate of drug-likeness (QED) is 0.323. The lowest BCUT2D eigenvalue weighted by molar-refractivity contribution is 0.0177. The minimum atomic E-state index is -0.471. The first-order valence-electron chi connectivity index (χ1n) is 12.9. The van der Waals surface area contributed by atoms with E-state index >= 15 is 0 Å². The Bertz CT molecular complexity index is 1330. The summed E-state index contributed by atoms with van der Waals surface area (Å²) in [4.78, 5) is 22.9. The van der Waals surface area contributed by atoms with E-state index in [0.29, 0.717) is 24.8 Å². The minimum Gasteiger partial charge on any atom is -0.444 e. The molecule has 4 rings (SSSR count). The van der Waals surface area contributed by atoms with Gasteiger partial charge in [0.1, 0.15) is 5.60 Å². The van der Waals surface area contributed by atoms with E-state index in [1.165, 1.54) is 0 Å². The van der Waals surface area contributed by atoms with Crippen molar-refractivity contribution < 1.29 is 9.53 Å². The SMILES string of the molecule is C=NC(=NC=C(C)c1cnn(CC2CCN(C(=O)OC(C)(C)C)CC2)c1)c1cccc(-c2cnn(C)c2)c1. The Morgan fingerprint density at radius 2 is 1.89 bits per heavy atom. The molecule has 0 spiro atoms. The molecular formula is C29H37N7O2. The highest BCUT2D eigenvalue weighted by Crippen LogP contribution is 2.23. The van der Waals surface area contributed by atoms with Gasteiger partial charge in [0.25, 0.3) is 0 Å². The van der Waals surface area contributed by atoms with E-state index in [-0.39, 0.29) is 6.09 Å². The Morgan fingerprint density at radius 1 is 1.13 bits per heavy atom. The fourth-order valence-electron chi connectivity index (χ4n) is 4.40. The number of ether oxygens (including phenoxy) is 1. The van der Waals surface area contributed by atoms with Crippen LogP contribution in [0.25, 0.3) is 16.7 Å². The molecule has 9 heteroatoms. The average Bonchev–Trinajstić information content (AvgIpc) is 3.53. The lowest BCUT2D eigenvalue weighted by atomic mass is 9.97. The standard InChI is InChI=1S/C29H37N7O2/c1-21(15-31-27(30-5)24-9-7-8-23(14-24)26-17-32-34(6)19-26)25-16-33-36(20-25)18-22-10-12-35(13-11-22)28(37)38-29(2,3)4/h7-9,14-17,19-20,22H,5,10-13,18H2,1-4,6H3. The number of carbonyl (C=O) groups is 1. The number of aromatic nitrogens is 4. The molecule has 200 valence electrons. The maximum absolute atomic E-state index is 12.3. The first-order valence-corrected chi connectivity index (χ1v) is 12.9. The third kappa shape index (κ3) is 7.06. The Hall–Kier alpha value is -4.01. The number of likely N-dealkylation sites (tertiary alicyclic amines) is 1. The third-order valence-electron chi connectivity index (χ3n) is 6.49. The summed E-state index contributed by atoms with van der Waals surface area (Å²) in [5.74, 6) is 1.02. The van der Waals surface area contributed by atoms with Gasteiger partial charge >= 0.3 is 6.09 Å². The van der Waals surface area contributed by atoms with E-state index in [0.717, 1.165) is 47.2 Å². The Balaban J connectivity index is 1.37. The van der Waals surface area contributed by atoms with Crippen LogP contribution in [0.2, 0.25) is 0 Å². The molecular weight excluding hydrogens is 478 g/mol. The number of benzene rings is 1. The number of amides is 1. The molecule has 0 saturated carbocycles. The van der Waals surface area contributed by atoms with Gasteiger partial charge in [0.15, 0.2) is 5.84 Å². The largest absolute Gasteiger partial charge is 0.444 e. The predicted octanol–water partition coefficient (Wildman–Crippen LogP) is 5.44. The number of aliphatic imine (C=N–C) groups is 2. The Labute approximate surface area is 224 Å². The van der Waals surface area contributed by atoms with Crippen LogP contribution >= 0.6 is 0 Å². The first-order chi connectivity index (χ1) is 18.1. The van der Waals surface area contributed by atoms with Gasteiger partial charge in [0.05, 0.1) is 12.4 Å². The van der Waals surface area contributed by atoms with Crippen LogP contribution in [0.5, 0.6) is 0 Å². The summed E-state index contributed by atoms with van der Waals surface area (Å²) in [5, 5.41) is 8.82. The van der Waals surface area contributed by atoms with Crippen molar-refractivity contribution in [2.75, 3.05) is 13.1 Å². The molecule has 9 nitrogen and oxygen atoms in total. The van der Waals surface area contributed by atoms with Crippen LogP contribution in [0, 0.1) is 5.92 Å². The molecule has 3 aromatic rings. The maximum Gasteiger partial charge on any atom is 0.410 e. The van der Waals surface area contributed by atoms with Crippen LogP contribution in [0.3, 0.4) is 0 Å². The average molecular weight is 516 g/mol. The second-order valence-electron chi connectivity index (χ2n) is 10.8. The van der Waals surface area contributed by atoms with E-state index in [4.69, 9.17) is 4.74 Å². The van der Waals surface area contributed by atoms with Crippen LogP contribution in [0.1, 0.15) is 51.7 Å². The summed E-state index contributed by atoms with van der Waals surface area (Å²) in [7, 11) is 1.90. The molecule has 1 aliphatic rings. The smallest absolute Gasteiger partial charge is 0.410 e. The zero-order valence-corrected chi connectivity index (χ0v) is 23.0. The molecule has 0 unspecified atom stereocenters. The van der Waals surface area contributed by atoms with E-state index < -0.39 is 5.60 Å². The number of hydrogen-bond donors (Lipinski definition) is 0. The second kappa shape index (κ2) is 11.6. The molecule has 0 aliphatic carbocycles. The molecule has 38 heavy (non-hydrogen) atoms. The zero-order chi connectivity index (χ0) is 27.3. The number of rotatable bonds is 6. The molecule has 0 atom stereocenters. The third-order valence-corrected chi connectivity index (χ3v) is 6.49. The Kier molecular flexibility index (Phi) is 8.24. The van der Waals surface area contributed by atoms with E-state index in [2.05, 4.69) is 26.9 Å². The van der Waals surface area contributed by atoms with Gasteiger partial charge in [-0.15, -0.1) is 0 Å².